The molecule has 1 amide bonds. The summed E-state index contributed by atoms with van der Waals surface area (Å²) < 4.78 is 36.8. The van der Waals surface area contributed by atoms with E-state index < -0.39 is 15.7 Å². The second-order valence-electron chi connectivity index (χ2n) is 5.07. The van der Waals surface area contributed by atoms with E-state index in [0.717, 1.165) is 0 Å². The van der Waals surface area contributed by atoms with Crippen LogP contribution in [0.5, 0.6) is 0 Å². The summed E-state index contributed by atoms with van der Waals surface area (Å²) >= 11 is 6.74. The Kier molecular flexibility index (Phi) is 4.17. The smallest absolute Gasteiger partial charge is 0.262 e. The van der Waals surface area contributed by atoms with Crippen LogP contribution in [0.2, 0.25) is 0 Å². The quantitative estimate of drug-likeness (QED) is 0.749. The van der Waals surface area contributed by atoms with Gasteiger partial charge in [0, 0.05) is 10.9 Å². The molecule has 0 aliphatic carbocycles. The number of amides is 1. The van der Waals surface area contributed by atoms with Crippen molar-refractivity contribution < 1.29 is 17.6 Å². The van der Waals surface area contributed by atoms with E-state index in [2.05, 4.69) is 4.99 Å². The Morgan fingerprint density at radius 1 is 1.36 bits per heavy atom. The average molecular weight is 363 g/mol. The number of amidine groups is 1. The molecule has 118 valence electrons. The van der Waals surface area contributed by atoms with Crippen LogP contribution in [0.1, 0.15) is 0 Å². The van der Waals surface area contributed by atoms with Gasteiger partial charge >= 0.3 is 0 Å². The van der Waals surface area contributed by atoms with Crippen LogP contribution in [-0.4, -0.2) is 48.2 Å². The molecule has 1 aromatic carbocycles. The normalized spacial score (nSPS) is 28.1. The van der Waals surface area contributed by atoms with Crippen LogP contribution < -0.4 is 4.90 Å². The molecule has 0 spiro atoms. The van der Waals surface area contributed by atoms with Gasteiger partial charge in [-0.2, -0.15) is 4.99 Å². The molecule has 2 aliphatic rings. The summed E-state index contributed by atoms with van der Waals surface area (Å²) in [5, 5.41) is 0.235. The Morgan fingerprint density at radius 3 is 2.68 bits per heavy atom. The number of halogens is 2. The molecule has 0 saturated carbocycles. The Hall–Kier alpha value is -1.12. The minimum absolute atomic E-state index is 0.00384. The number of rotatable bonds is 2. The number of sulfone groups is 1. The molecule has 2 heterocycles. The van der Waals surface area contributed by atoms with Gasteiger partial charge in [-0.15, -0.1) is 11.6 Å². The van der Waals surface area contributed by atoms with Crippen molar-refractivity contribution in [2.45, 2.75) is 11.3 Å². The third-order valence-electron chi connectivity index (χ3n) is 3.51. The molecule has 2 saturated heterocycles. The molecule has 0 N–H and O–H groups in total. The van der Waals surface area contributed by atoms with Crippen molar-refractivity contribution in [1.29, 1.82) is 0 Å². The van der Waals surface area contributed by atoms with Gasteiger partial charge in [-0.3, -0.25) is 4.79 Å². The van der Waals surface area contributed by atoms with Gasteiger partial charge in [-0.1, -0.05) is 11.8 Å². The number of carbonyl (C=O) groups is 1. The summed E-state index contributed by atoms with van der Waals surface area (Å²) in [7, 11) is -3.11. The largest absolute Gasteiger partial charge is 0.316 e. The number of anilines is 1. The first kappa shape index (κ1) is 15.8. The molecule has 2 fully saturated rings. The second kappa shape index (κ2) is 5.82. The molecule has 2 unspecified atom stereocenters. The molecule has 0 radical (unpaired) electrons. The number of fused-ring (bicyclic) bond motifs is 1. The molecule has 0 bridgehead atoms. The van der Waals surface area contributed by atoms with E-state index in [1.807, 2.05) is 0 Å². The van der Waals surface area contributed by atoms with Crippen LogP contribution in [0.4, 0.5) is 10.1 Å². The molecule has 2 atom stereocenters. The van der Waals surface area contributed by atoms with E-state index in [-0.39, 0.29) is 34.5 Å². The van der Waals surface area contributed by atoms with Crippen LogP contribution in [-0.2, 0) is 14.6 Å². The van der Waals surface area contributed by atoms with Crippen LogP contribution in [0, 0.1) is 5.82 Å². The molecule has 9 heteroatoms. The first-order chi connectivity index (χ1) is 10.4. The van der Waals surface area contributed by atoms with E-state index in [4.69, 9.17) is 11.6 Å². The first-order valence-electron chi connectivity index (χ1n) is 6.49. The summed E-state index contributed by atoms with van der Waals surface area (Å²) in [4.78, 5) is 17.2. The van der Waals surface area contributed by atoms with E-state index in [1.54, 1.807) is 17.0 Å². The van der Waals surface area contributed by atoms with Crippen molar-refractivity contribution in [3.63, 3.8) is 0 Å². The maximum atomic E-state index is 13.1. The lowest BCUT2D eigenvalue weighted by atomic mass is 10.2. The zero-order chi connectivity index (χ0) is 15.9. The summed E-state index contributed by atoms with van der Waals surface area (Å²) in [6.45, 7) is 0. The molecule has 22 heavy (non-hydrogen) atoms. The maximum Gasteiger partial charge on any atom is 0.262 e. The van der Waals surface area contributed by atoms with E-state index >= 15 is 0 Å². The lowest BCUT2D eigenvalue weighted by molar-refractivity contribution is -0.115. The highest BCUT2D eigenvalue weighted by molar-refractivity contribution is 8.16. The number of thioether (sulfide) groups is 1. The third kappa shape index (κ3) is 3.00. The fourth-order valence-corrected chi connectivity index (χ4v) is 6.60. The number of hydrogen-bond donors (Lipinski definition) is 0. The zero-order valence-electron chi connectivity index (χ0n) is 11.3. The first-order valence-corrected chi connectivity index (χ1v) is 9.72. The number of nitrogens with zero attached hydrogens (tertiary/aromatic N) is 2. The van der Waals surface area contributed by atoms with Crippen molar-refractivity contribution in [2.75, 3.05) is 22.3 Å². The van der Waals surface area contributed by atoms with Gasteiger partial charge in [0.15, 0.2) is 15.0 Å². The number of hydrogen-bond acceptors (Lipinski definition) is 4. The van der Waals surface area contributed by atoms with Crippen molar-refractivity contribution in [3.8, 4) is 0 Å². The fourth-order valence-electron chi connectivity index (χ4n) is 2.60. The van der Waals surface area contributed by atoms with Gasteiger partial charge in [-0.25, -0.2) is 12.8 Å². The molecular formula is C13H12ClFN2O3S2. The number of alkyl halides is 1. The van der Waals surface area contributed by atoms with Crippen molar-refractivity contribution in [1.82, 2.24) is 0 Å². The summed E-state index contributed by atoms with van der Waals surface area (Å²) in [5.74, 6) is -1.07. The van der Waals surface area contributed by atoms with Crippen LogP contribution in [0.25, 0.3) is 0 Å². The van der Waals surface area contributed by atoms with Crippen molar-refractivity contribution in [3.05, 3.63) is 30.1 Å². The minimum atomic E-state index is -3.11. The molecule has 0 aromatic heterocycles. The topological polar surface area (TPSA) is 66.8 Å². The Balaban J connectivity index is 2.01. The number of benzene rings is 1. The van der Waals surface area contributed by atoms with Gasteiger partial charge in [0.1, 0.15) is 11.7 Å². The van der Waals surface area contributed by atoms with Gasteiger partial charge in [0.25, 0.3) is 5.91 Å². The fraction of sp³-hybridized carbons (Fsp3) is 0.385. The summed E-state index contributed by atoms with van der Waals surface area (Å²) in [5.41, 5.74) is 0.611. The minimum Gasteiger partial charge on any atom is -0.316 e. The highest BCUT2D eigenvalue weighted by atomic mass is 35.5. The summed E-state index contributed by atoms with van der Waals surface area (Å²) in [6, 6.07) is 5.37. The summed E-state index contributed by atoms with van der Waals surface area (Å²) in [6.07, 6.45) is 0. The van der Waals surface area contributed by atoms with Crippen molar-refractivity contribution >= 4 is 50.0 Å². The Morgan fingerprint density at radius 2 is 2.05 bits per heavy atom. The number of aliphatic imine (C=N–C) groups is 1. The zero-order valence-corrected chi connectivity index (χ0v) is 13.7. The standard InChI is InChI=1S/C13H12ClFN2O3S2/c14-5-12(18)16-13-17(9-3-1-8(15)2-4-9)10-6-22(19,20)7-11(10)21-13/h1-4,10-11H,5-7H2. The second-order valence-corrected chi connectivity index (χ2v) is 8.70. The van der Waals surface area contributed by atoms with Crippen LogP contribution in [0.3, 0.4) is 0 Å². The van der Waals surface area contributed by atoms with Crippen LogP contribution in [0.15, 0.2) is 29.3 Å². The van der Waals surface area contributed by atoms with Gasteiger partial charge in [0.05, 0.1) is 17.5 Å². The predicted octanol–water partition coefficient (Wildman–Crippen LogP) is 1.67. The molecular weight excluding hydrogens is 351 g/mol. The van der Waals surface area contributed by atoms with E-state index in [9.17, 15) is 17.6 Å². The Labute approximate surface area is 136 Å². The third-order valence-corrected chi connectivity index (χ3v) is 6.94. The molecule has 5 nitrogen and oxygen atoms in total. The van der Waals surface area contributed by atoms with Crippen LogP contribution >= 0.6 is 23.4 Å². The average Bonchev–Trinajstić information content (AvgIpc) is 2.91. The van der Waals surface area contributed by atoms with E-state index in [1.165, 1.54) is 23.9 Å². The molecule has 3 rings (SSSR count). The Bertz CT molecular complexity index is 736. The van der Waals surface area contributed by atoms with Gasteiger partial charge in [-0.05, 0) is 24.3 Å². The molecule has 2 aliphatic heterocycles. The monoisotopic (exact) mass is 362 g/mol. The highest BCUT2D eigenvalue weighted by Gasteiger charge is 2.49. The maximum absolute atomic E-state index is 13.1. The number of carbonyl (C=O) groups excluding carboxylic acids is 1. The van der Waals surface area contributed by atoms with Crippen molar-refractivity contribution in [2.24, 2.45) is 4.99 Å². The van der Waals surface area contributed by atoms with Gasteiger partial charge < -0.3 is 4.90 Å². The highest BCUT2D eigenvalue weighted by Crippen LogP contribution is 2.40. The lowest BCUT2D eigenvalue weighted by Crippen LogP contribution is -2.37. The molecule has 1 aromatic rings. The van der Waals surface area contributed by atoms with Gasteiger partial charge in [0.2, 0.25) is 0 Å². The predicted molar refractivity (Wildman–Crippen MR) is 85.9 cm³/mol. The lowest BCUT2D eigenvalue weighted by Gasteiger charge is -2.24. The van der Waals surface area contributed by atoms with E-state index in [0.29, 0.717) is 10.9 Å². The SMILES string of the molecule is O=C(CCl)N=C1SC2CS(=O)(=O)CC2N1c1ccc(F)cc1.